The first kappa shape index (κ1) is 15.8. The Morgan fingerprint density at radius 2 is 1.74 bits per heavy atom. The Kier molecular flexibility index (Phi) is 5.20. The van der Waals surface area contributed by atoms with E-state index in [9.17, 15) is 9.59 Å². The fraction of sp³-hybridized carbons (Fsp3) is 0.385. The highest BCUT2D eigenvalue weighted by Crippen LogP contribution is 2.33. The number of carbonyl (C=O) groups excluding carboxylic acids is 1. The van der Waals surface area contributed by atoms with E-state index in [-0.39, 0.29) is 21.4 Å². The second-order valence-electron chi connectivity index (χ2n) is 4.25. The SMILES string of the molecule is COc1cc(Cl)c(C(=O)C(C)C(C)C(=O)O)cc1Cl. The van der Waals surface area contributed by atoms with E-state index in [1.54, 1.807) is 6.92 Å². The fourth-order valence-corrected chi connectivity index (χ4v) is 2.05. The van der Waals surface area contributed by atoms with Gasteiger partial charge in [-0.05, 0) is 6.07 Å². The Hall–Kier alpha value is -1.26. The van der Waals surface area contributed by atoms with Crippen LogP contribution >= 0.6 is 23.2 Å². The predicted molar refractivity (Wildman–Crippen MR) is 73.3 cm³/mol. The Labute approximate surface area is 121 Å². The van der Waals surface area contributed by atoms with Gasteiger partial charge >= 0.3 is 5.97 Å². The number of carbonyl (C=O) groups is 2. The second-order valence-corrected chi connectivity index (χ2v) is 5.06. The molecule has 0 aromatic heterocycles. The summed E-state index contributed by atoms with van der Waals surface area (Å²) >= 11 is 11.9. The summed E-state index contributed by atoms with van der Waals surface area (Å²) in [5, 5.41) is 9.37. The second kappa shape index (κ2) is 6.26. The zero-order valence-corrected chi connectivity index (χ0v) is 12.2. The number of halogens is 2. The minimum atomic E-state index is -1.03. The number of hydrogen-bond acceptors (Lipinski definition) is 3. The van der Waals surface area contributed by atoms with Gasteiger partial charge in [-0.15, -0.1) is 0 Å². The molecule has 1 aromatic rings. The minimum absolute atomic E-state index is 0.190. The third-order valence-electron chi connectivity index (χ3n) is 3.06. The van der Waals surface area contributed by atoms with E-state index < -0.39 is 17.8 Å². The van der Waals surface area contributed by atoms with Crippen molar-refractivity contribution in [3.05, 3.63) is 27.7 Å². The van der Waals surface area contributed by atoms with Crippen molar-refractivity contribution in [1.82, 2.24) is 0 Å². The van der Waals surface area contributed by atoms with Gasteiger partial charge in [0.1, 0.15) is 5.75 Å². The molecule has 0 spiro atoms. The van der Waals surface area contributed by atoms with Crippen LogP contribution in [0.25, 0.3) is 0 Å². The highest BCUT2D eigenvalue weighted by molar-refractivity contribution is 6.37. The average molecular weight is 305 g/mol. The van der Waals surface area contributed by atoms with E-state index in [0.717, 1.165) is 0 Å². The van der Waals surface area contributed by atoms with Crippen LogP contribution in [0.2, 0.25) is 10.0 Å². The molecule has 0 radical (unpaired) electrons. The molecule has 1 rings (SSSR count). The van der Waals surface area contributed by atoms with Crippen molar-refractivity contribution in [2.75, 3.05) is 7.11 Å². The van der Waals surface area contributed by atoms with E-state index >= 15 is 0 Å². The topological polar surface area (TPSA) is 63.6 Å². The third-order valence-corrected chi connectivity index (χ3v) is 3.67. The van der Waals surface area contributed by atoms with Crippen molar-refractivity contribution in [3.63, 3.8) is 0 Å². The van der Waals surface area contributed by atoms with Gasteiger partial charge in [0.15, 0.2) is 5.78 Å². The maximum atomic E-state index is 12.2. The molecule has 1 aromatic carbocycles. The summed E-state index contributed by atoms with van der Waals surface area (Å²) in [6.07, 6.45) is 0. The van der Waals surface area contributed by atoms with Crippen molar-refractivity contribution in [1.29, 1.82) is 0 Å². The van der Waals surface area contributed by atoms with Crippen LogP contribution in [-0.2, 0) is 4.79 Å². The lowest BCUT2D eigenvalue weighted by atomic mass is 9.88. The molecule has 0 saturated heterocycles. The molecule has 0 bridgehead atoms. The first-order chi connectivity index (χ1) is 8.79. The van der Waals surface area contributed by atoms with E-state index in [2.05, 4.69) is 0 Å². The lowest BCUT2D eigenvalue weighted by molar-refractivity contribution is -0.142. The number of aliphatic carboxylic acids is 1. The van der Waals surface area contributed by atoms with Gasteiger partial charge in [0, 0.05) is 17.5 Å². The maximum Gasteiger partial charge on any atom is 0.306 e. The molecular formula is C13H14Cl2O4. The van der Waals surface area contributed by atoms with Gasteiger partial charge in [-0.2, -0.15) is 0 Å². The first-order valence-corrected chi connectivity index (χ1v) is 6.35. The van der Waals surface area contributed by atoms with Crippen LogP contribution in [0.4, 0.5) is 0 Å². The molecule has 0 fully saturated rings. The smallest absolute Gasteiger partial charge is 0.306 e. The van der Waals surface area contributed by atoms with E-state index in [0.29, 0.717) is 5.75 Å². The standard InChI is InChI=1S/C13H14Cl2O4/c1-6(7(2)13(17)18)12(16)8-4-10(15)11(19-3)5-9(8)14/h4-7H,1-3H3,(H,17,18). The van der Waals surface area contributed by atoms with Crippen molar-refractivity contribution in [3.8, 4) is 5.75 Å². The molecule has 0 aliphatic rings. The van der Waals surface area contributed by atoms with E-state index in [4.69, 9.17) is 33.0 Å². The first-order valence-electron chi connectivity index (χ1n) is 5.59. The zero-order chi connectivity index (χ0) is 14.7. The number of benzene rings is 1. The van der Waals surface area contributed by atoms with Crippen LogP contribution < -0.4 is 4.74 Å². The Bertz CT molecular complexity index is 514. The summed E-state index contributed by atoms with van der Waals surface area (Å²) in [6, 6.07) is 2.84. The quantitative estimate of drug-likeness (QED) is 0.845. The normalized spacial score (nSPS) is 13.7. The van der Waals surface area contributed by atoms with Gasteiger partial charge in [0.25, 0.3) is 0 Å². The number of carboxylic acids is 1. The average Bonchev–Trinajstić information content (AvgIpc) is 2.38. The van der Waals surface area contributed by atoms with Gasteiger partial charge in [0.05, 0.1) is 23.1 Å². The third kappa shape index (κ3) is 3.39. The molecule has 0 aliphatic carbocycles. The van der Waals surface area contributed by atoms with Crippen LogP contribution in [0.1, 0.15) is 24.2 Å². The summed E-state index contributed by atoms with van der Waals surface area (Å²) in [4.78, 5) is 23.1. The number of methoxy groups -OCH3 is 1. The van der Waals surface area contributed by atoms with E-state index in [1.165, 1.54) is 26.2 Å². The monoisotopic (exact) mass is 304 g/mol. The highest BCUT2D eigenvalue weighted by Gasteiger charge is 2.28. The predicted octanol–water partition coefficient (Wildman–Crippen LogP) is 3.54. The molecular weight excluding hydrogens is 291 g/mol. The van der Waals surface area contributed by atoms with Crippen LogP contribution in [0.5, 0.6) is 5.75 Å². The van der Waals surface area contributed by atoms with Crippen molar-refractivity contribution in [2.45, 2.75) is 13.8 Å². The largest absolute Gasteiger partial charge is 0.495 e. The number of rotatable bonds is 5. The van der Waals surface area contributed by atoms with Gasteiger partial charge in [-0.3, -0.25) is 9.59 Å². The molecule has 1 N–H and O–H groups in total. The Morgan fingerprint density at radius 3 is 2.21 bits per heavy atom. The van der Waals surface area contributed by atoms with Gasteiger partial charge in [-0.1, -0.05) is 37.0 Å². The Balaban J connectivity index is 3.13. The van der Waals surface area contributed by atoms with E-state index in [1.807, 2.05) is 0 Å². The molecule has 0 amide bonds. The van der Waals surface area contributed by atoms with Gasteiger partial charge in [0.2, 0.25) is 0 Å². The number of carboxylic acid groups (broad SMARTS) is 1. The summed E-state index contributed by atoms with van der Waals surface area (Å²) < 4.78 is 4.98. The zero-order valence-electron chi connectivity index (χ0n) is 10.7. The summed E-state index contributed by atoms with van der Waals surface area (Å²) in [5.41, 5.74) is 0.202. The lowest BCUT2D eigenvalue weighted by Gasteiger charge is -2.16. The van der Waals surface area contributed by atoms with Crippen LogP contribution in [0.3, 0.4) is 0 Å². The van der Waals surface area contributed by atoms with Gasteiger partial charge < -0.3 is 9.84 Å². The molecule has 2 atom stereocenters. The maximum absolute atomic E-state index is 12.2. The molecule has 0 saturated carbocycles. The molecule has 4 nitrogen and oxygen atoms in total. The molecule has 2 unspecified atom stereocenters. The summed E-state index contributed by atoms with van der Waals surface area (Å²) in [7, 11) is 1.44. The van der Waals surface area contributed by atoms with Crippen molar-refractivity contribution < 1.29 is 19.4 Å². The van der Waals surface area contributed by atoms with Gasteiger partial charge in [-0.25, -0.2) is 0 Å². The number of ketones is 1. The molecule has 6 heteroatoms. The Morgan fingerprint density at radius 1 is 1.16 bits per heavy atom. The molecule has 19 heavy (non-hydrogen) atoms. The van der Waals surface area contributed by atoms with Crippen molar-refractivity contribution >= 4 is 35.0 Å². The fourth-order valence-electron chi connectivity index (χ4n) is 1.56. The number of Topliss-reactive ketones (excluding diaryl/α,β-unsaturated/α-hetero) is 1. The number of ether oxygens (including phenoxy) is 1. The number of hydrogen-bond donors (Lipinski definition) is 1. The molecule has 0 aliphatic heterocycles. The molecule has 0 heterocycles. The van der Waals surface area contributed by atoms with Crippen molar-refractivity contribution in [2.24, 2.45) is 11.8 Å². The van der Waals surface area contributed by atoms with Crippen LogP contribution in [0, 0.1) is 11.8 Å². The lowest BCUT2D eigenvalue weighted by Crippen LogP contribution is -2.25. The van der Waals surface area contributed by atoms with Crippen LogP contribution in [0.15, 0.2) is 12.1 Å². The van der Waals surface area contributed by atoms with Crippen LogP contribution in [-0.4, -0.2) is 24.0 Å². The highest BCUT2D eigenvalue weighted by atomic mass is 35.5. The summed E-state index contributed by atoms with van der Waals surface area (Å²) in [5.74, 6) is -2.52. The minimum Gasteiger partial charge on any atom is -0.495 e. The molecule has 104 valence electrons. The summed E-state index contributed by atoms with van der Waals surface area (Å²) in [6.45, 7) is 3.03.